The van der Waals surface area contributed by atoms with Gasteiger partial charge < -0.3 is 10.1 Å². The van der Waals surface area contributed by atoms with Crippen LogP contribution < -0.4 is 10.1 Å². The highest BCUT2D eigenvalue weighted by Crippen LogP contribution is 2.27. The Morgan fingerprint density at radius 3 is 2.52 bits per heavy atom. The standard InChI is InChI=1S/C16H14F3NO/c17-13-5-10(6-14(18)16(13)19)8-20-9-12-7-11-3-1-2-4-15(11)21-12/h1-6,12,20H,7-9H2. The monoisotopic (exact) mass is 293 g/mol. The van der Waals surface area contributed by atoms with Crippen molar-refractivity contribution in [3.05, 3.63) is 65.0 Å². The lowest BCUT2D eigenvalue weighted by Crippen LogP contribution is -2.29. The first-order valence-corrected chi connectivity index (χ1v) is 6.72. The third-order valence-electron chi connectivity index (χ3n) is 3.46. The zero-order valence-corrected chi connectivity index (χ0v) is 11.2. The Morgan fingerprint density at radius 1 is 1.10 bits per heavy atom. The highest BCUT2D eigenvalue weighted by molar-refractivity contribution is 5.37. The summed E-state index contributed by atoms with van der Waals surface area (Å²) in [6.45, 7) is 0.805. The molecule has 2 aromatic carbocycles. The molecule has 2 aromatic rings. The fraction of sp³-hybridized carbons (Fsp3) is 0.250. The molecule has 1 unspecified atom stereocenters. The van der Waals surface area contributed by atoms with Gasteiger partial charge in [-0.05, 0) is 29.3 Å². The quantitative estimate of drug-likeness (QED) is 0.874. The highest BCUT2D eigenvalue weighted by atomic mass is 19.2. The van der Waals surface area contributed by atoms with E-state index >= 15 is 0 Å². The van der Waals surface area contributed by atoms with Crippen LogP contribution in [0.15, 0.2) is 36.4 Å². The van der Waals surface area contributed by atoms with Crippen LogP contribution in [-0.2, 0) is 13.0 Å². The van der Waals surface area contributed by atoms with Gasteiger partial charge in [-0.1, -0.05) is 18.2 Å². The molecule has 0 saturated heterocycles. The Balaban J connectivity index is 1.54. The maximum atomic E-state index is 13.1. The number of hydrogen-bond acceptors (Lipinski definition) is 2. The van der Waals surface area contributed by atoms with E-state index in [4.69, 9.17) is 4.74 Å². The molecule has 0 radical (unpaired) electrons. The minimum atomic E-state index is -1.44. The Labute approximate surface area is 120 Å². The van der Waals surface area contributed by atoms with Gasteiger partial charge >= 0.3 is 0 Å². The molecule has 1 heterocycles. The van der Waals surface area contributed by atoms with Crippen LogP contribution in [0.1, 0.15) is 11.1 Å². The van der Waals surface area contributed by atoms with Crippen LogP contribution in [0, 0.1) is 17.5 Å². The molecule has 2 nitrogen and oxygen atoms in total. The van der Waals surface area contributed by atoms with Gasteiger partial charge in [0.25, 0.3) is 0 Å². The molecule has 3 rings (SSSR count). The van der Waals surface area contributed by atoms with Crippen molar-refractivity contribution >= 4 is 0 Å². The molecule has 0 aliphatic carbocycles. The number of benzene rings is 2. The van der Waals surface area contributed by atoms with Gasteiger partial charge in [-0.15, -0.1) is 0 Å². The van der Waals surface area contributed by atoms with Crippen molar-refractivity contribution in [3.63, 3.8) is 0 Å². The average molecular weight is 293 g/mol. The number of fused-ring (bicyclic) bond motifs is 1. The first-order chi connectivity index (χ1) is 10.1. The number of rotatable bonds is 4. The van der Waals surface area contributed by atoms with Crippen LogP contribution in [-0.4, -0.2) is 12.6 Å². The second kappa shape index (κ2) is 5.77. The van der Waals surface area contributed by atoms with E-state index < -0.39 is 17.5 Å². The van der Waals surface area contributed by atoms with Crippen LogP contribution in [0.2, 0.25) is 0 Å². The van der Waals surface area contributed by atoms with Gasteiger partial charge in [0.2, 0.25) is 0 Å². The molecule has 0 aromatic heterocycles. The summed E-state index contributed by atoms with van der Waals surface area (Å²) in [4.78, 5) is 0. The molecule has 21 heavy (non-hydrogen) atoms. The maximum Gasteiger partial charge on any atom is 0.194 e. The second-order valence-corrected chi connectivity index (χ2v) is 5.06. The lowest BCUT2D eigenvalue weighted by atomic mass is 10.1. The van der Waals surface area contributed by atoms with E-state index in [0.717, 1.165) is 29.9 Å². The van der Waals surface area contributed by atoms with E-state index in [0.29, 0.717) is 12.1 Å². The summed E-state index contributed by atoms with van der Waals surface area (Å²) in [5.74, 6) is -2.90. The van der Waals surface area contributed by atoms with Gasteiger partial charge in [-0.2, -0.15) is 0 Å². The molecule has 0 spiro atoms. The number of nitrogens with one attached hydrogen (secondary N) is 1. The molecule has 5 heteroatoms. The highest BCUT2D eigenvalue weighted by Gasteiger charge is 2.21. The van der Waals surface area contributed by atoms with Crippen LogP contribution >= 0.6 is 0 Å². The van der Waals surface area contributed by atoms with Crippen molar-refractivity contribution in [2.75, 3.05) is 6.54 Å². The molecular formula is C16H14F3NO. The molecule has 0 bridgehead atoms. The predicted molar refractivity (Wildman–Crippen MR) is 72.6 cm³/mol. The molecule has 1 N–H and O–H groups in total. The SMILES string of the molecule is Fc1cc(CNCC2Cc3ccccc3O2)cc(F)c1F. The van der Waals surface area contributed by atoms with E-state index in [1.54, 1.807) is 0 Å². The summed E-state index contributed by atoms with van der Waals surface area (Å²) in [5, 5.41) is 3.07. The fourth-order valence-electron chi connectivity index (χ4n) is 2.46. The van der Waals surface area contributed by atoms with E-state index in [9.17, 15) is 13.2 Å². The first-order valence-electron chi connectivity index (χ1n) is 6.72. The van der Waals surface area contributed by atoms with Crippen molar-refractivity contribution in [1.82, 2.24) is 5.32 Å². The van der Waals surface area contributed by atoms with Gasteiger partial charge in [0, 0.05) is 19.5 Å². The molecule has 1 atom stereocenters. The summed E-state index contributed by atoms with van der Waals surface area (Å²) >= 11 is 0. The summed E-state index contributed by atoms with van der Waals surface area (Å²) in [5.41, 5.74) is 1.52. The molecular weight excluding hydrogens is 279 g/mol. The van der Waals surface area contributed by atoms with Crippen LogP contribution in [0.5, 0.6) is 5.75 Å². The molecule has 1 aliphatic heterocycles. The Kier molecular flexibility index (Phi) is 3.84. The predicted octanol–water partition coefficient (Wildman–Crippen LogP) is 3.20. The van der Waals surface area contributed by atoms with Gasteiger partial charge in [0.15, 0.2) is 17.5 Å². The van der Waals surface area contributed by atoms with Crippen molar-refractivity contribution < 1.29 is 17.9 Å². The molecule has 110 valence electrons. The Bertz CT molecular complexity index is 612. The summed E-state index contributed by atoms with van der Waals surface area (Å²) in [6.07, 6.45) is 0.799. The number of halogens is 3. The minimum absolute atomic E-state index is 0.00228. The topological polar surface area (TPSA) is 21.3 Å². The second-order valence-electron chi connectivity index (χ2n) is 5.06. The molecule has 0 fully saturated rings. The lowest BCUT2D eigenvalue weighted by molar-refractivity contribution is 0.227. The largest absolute Gasteiger partial charge is 0.488 e. The van der Waals surface area contributed by atoms with Crippen molar-refractivity contribution in [2.45, 2.75) is 19.1 Å². The zero-order valence-electron chi connectivity index (χ0n) is 11.2. The maximum absolute atomic E-state index is 13.1. The van der Waals surface area contributed by atoms with Crippen molar-refractivity contribution in [2.24, 2.45) is 0 Å². The van der Waals surface area contributed by atoms with Crippen molar-refractivity contribution in [1.29, 1.82) is 0 Å². The Hall–Kier alpha value is -2.01. The van der Waals surface area contributed by atoms with Crippen LogP contribution in [0.25, 0.3) is 0 Å². The van der Waals surface area contributed by atoms with Crippen LogP contribution in [0.3, 0.4) is 0 Å². The molecule has 0 saturated carbocycles. The van der Waals surface area contributed by atoms with Gasteiger partial charge in [-0.25, -0.2) is 13.2 Å². The van der Waals surface area contributed by atoms with E-state index in [1.807, 2.05) is 24.3 Å². The lowest BCUT2D eigenvalue weighted by Gasteiger charge is -2.12. The molecule has 0 amide bonds. The molecule has 1 aliphatic rings. The van der Waals surface area contributed by atoms with Gasteiger partial charge in [-0.3, -0.25) is 0 Å². The van der Waals surface area contributed by atoms with Gasteiger partial charge in [0.1, 0.15) is 11.9 Å². The summed E-state index contributed by atoms with van der Waals surface area (Å²) in [6, 6.07) is 9.80. The van der Waals surface area contributed by atoms with E-state index in [2.05, 4.69) is 5.32 Å². The average Bonchev–Trinajstić information content (AvgIpc) is 2.87. The number of ether oxygens (including phenoxy) is 1. The van der Waals surface area contributed by atoms with E-state index in [1.165, 1.54) is 0 Å². The number of hydrogen-bond donors (Lipinski definition) is 1. The van der Waals surface area contributed by atoms with Crippen molar-refractivity contribution in [3.8, 4) is 5.75 Å². The third kappa shape index (κ3) is 3.03. The first kappa shape index (κ1) is 13.9. The fourth-order valence-corrected chi connectivity index (χ4v) is 2.46. The Morgan fingerprint density at radius 2 is 1.81 bits per heavy atom. The van der Waals surface area contributed by atoms with Gasteiger partial charge in [0.05, 0.1) is 0 Å². The summed E-state index contributed by atoms with van der Waals surface area (Å²) in [7, 11) is 0. The smallest absolute Gasteiger partial charge is 0.194 e. The zero-order chi connectivity index (χ0) is 14.8. The minimum Gasteiger partial charge on any atom is -0.488 e. The number of para-hydroxylation sites is 1. The third-order valence-corrected chi connectivity index (χ3v) is 3.46. The normalized spacial score (nSPS) is 16.6. The van der Waals surface area contributed by atoms with E-state index in [-0.39, 0.29) is 12.6 Å². The summed E-state index contributed by atoms with van der Waals surface area (Å²) < 4.78 is 44.7. The van der Waals surface area contributed by atoms with Crippen LogP contribution in [0.4, 0.5) is 13.2 Å².